The SMILES string of the molecule is CN1[C@@H]2CC[C@H]1CC(Nc1nccc(-c3c(-c4ccccc4Cl)nc4occn34)n1)C2. The Labute approximate surface area is 185 Å². The number of hydrogen-bond donors (Lipinski definition) is 1. The van der Waals surface area contributed by atoms with E-state index in [-0.39, 0.29) is 0 Å². The number of imidazole rings is 1. The molecule has 0 amide bonds. The molecule has 0 spiro atoms. The van der Waals surface area contributed by atoms with Gasteiger partial charge in [-0.05, 0) is 44.9 Å². The molecule has 2 bridgehead atoms. The van der Waals surface area contributed by atoms with Crippen LogP contribution in [0.5, 0.6) is 0 Å². The van der Waals surface area contributed by atoms with E-state index in [0.29, 0.717) is 34.9 Å². The highest BCUT2D eigenvalue weighted by Gasteiger charge is 2.38. The predicted molar refractivity (Wildman–Crippen MR) is 120 cm³/mol. The van der Waals surface area contributed by atoms with E-state index in [4.69, 9.17) is 21.0 Å². The highest BCUT2D eigenvalue weighted by atomic mass is 35.5. The largest absolute Gasteiger partial charge is 0.432 e. The first kappa shape index (κ1) is 18.8. The molecule has 2 saturated heterocycles. The molecule has 3 atom stereocenters. The van der Waals surface area contributed by atoms with Gasteiger partial charge in [0.05, 0.1) is 10.7 Å². The van der Waals surface area contributed by atoms with Crippen LogP contribution in [0.25, 0.3) is 28.5 Å². The molecule has 0 radical (unpaired) electrons. The molecule has 0 saturated carbocycles. The quantitative estimate of drug-likeness (QED) is 0.500. The lowest BCUT2D eigenvalue weighted by molar-refractivity contribution is 0.168. The Kier molecular flexibility index (Phi) is 4.47. The lowest BCUT2D eigenvalue weighted by Crippen LogP contribution is -2.44. The van der Waals surface area contributed by atoms with Gasteiger partial charge < -0.3 is 14.6 Å². The van der Waals surface area contributed by atoms with Crippen molar-refractivity contribution in [2.24, 2.45) is 0 Å². The molecule has 6 rings (SSSR count). The minimum absolute atomic E-state index is 0.395. The zero-order valence-corrected chi connectivity index (χ0v) is 18.0. The standard InChI is InChI=1S/C23H23ClN6O/c1-29-15-6-7-16(29)13-14(12-15)26-22-25-9-8-19(27-22)21-20(17-4-2-3-5-18(17)24)28-23-30(21)10-11-31-23/h2-5,8-11,14-16H,6-7,12-13H2,1H3,(H,25,26,27)/t14?,15-,16+. The molecule has 2 fully saturated rings. The molecule has 1 N–H and O–H groups in total. The number of aromatic nitrogens is 4. The van der Waals surface area contributed by atoms with Crippen LogP contribution >= 0.6 is 11.6 Å². The fraction of sp³-hybridized carbons (Fsp3) is 0.348. The molecular weight excluding hydrogens is 412 g/mol. The Morgan fingerprint density at radius 1 is 1.10 bits per heavy atom. The van der Waals surface area contributed by atoms with Crippen LogP contribution in [-0.2, 0) is 0 Å². The zero-order valence-electron chi connectivity index (χ0n) is 17.2. The highest BCUT2D eigenvalue weighted by Crippen LogP contribution is 2.37. The Balaban J connectivity index is 1.37. The first-order valence-corrected chi connectivity index (χ1v) is 11.1. The molecule has 2 aliphatic heterocycles. The van der Waals surface area contributed by atoms with Crippen LogP contribution in [0.1, 0.15) is 25.7 Å². The van der Waals surface area contributed by atoms with Crippen molar-refractivity contribution in [2.45, 2.75) is 43.8 Å². The first-order chi connectivity index (χ1) is 15.2. The van der Waals surface area contributed by atoms with Crippen LogP contribution in [0.15, 0.2) is 53.4 Å². The molecule has 158 valence electrons. The number of fused-ring (bicyclic) bond motifs is 3. The summed E-state index contributed by atoms with van der Waals surface area (Å²) in [6, 6.07) is 11.3. The number of nitrogens with one attached hydrogen (secondary N) is 1. The van der Waals surface area contributed by atoms with E-state index in [2.05, 4.69) is 27.2 Å². The summed E-state index contributed by atoms with van der Waals surface area (Å²) in [6.07, 6.45) is 10.1. The van der Waals surface area contributed by atoms with Crippen molar-refractivity contribution < 1.29 is 4.42 Å². The van der Waals surface area contributed by atoms with E-state index < -0.39 is 0 Å². The maximum atomic E-state index is 6.49. The normalized spacial score (nSPS) is 23.5. The summed E-state index contributed by atoms with van der Waals surface area (Å²) in [7, 11) is 2.25. The Morgan fingerprint density at radius 3 is 2.71 bits per heavy atom. The summed E-state index contributed by atoms with van der Waals surface area (Å²) in [5, 5.41) is 4.23. The van der Waals surface area contributed by atoms with Gasteiger partial charge in [0.1, 0.15) is 17.7 Å². The van der Waals surface area contributed by atoms with E-state index in [1.54, 1.807) is 12.5 Å². The topological polar surface area (TPSA) is 71.5 Å². The van der Waals surface area contributed by atoms with Crippen molar-refractivity contribution in [3.8, 4) is 22.6 Å². The van der Waals surface area contributed by atoms with Crippen LogP contribution in [-0.4, -0.2) is 49.4 Å². The number of piperidine rings is 1. The molecule has 7 nitrogen and oxygen atoms in total. The number of anilines is 1. The van der Waals surface area contributed by atoms with Crippen LogP contribution in [0, 0.1) is 0 Å². The average Bonchev–Trinajstić information content (AvgIpc) is 3.40. The van der Waals surface area contributed by atoms with Crippen LogP contribution < -0.4 is 5.32 Å². The van der Waals surface area contributed by atoms with Crippen LogP contribution in [0.4, 0.5) is 5.95 Å². The second-order valence-electron chi connectivity index (χ2n) is 8.47. The summed E-state index contributed by atoms with van der Waals surface area (Å²) < 4.78 is 7.46. The lowest BCUT2D eigenvalue weighted by atomic mass is 9.98. The molecule has 31 heavy (non-hydrogen) atoms. The summed E-state index contributed by atoms with van der Waals surface area (Å²) in [6.45, 7) is 0. The van der Waals surface area contributed by atoms with Crippen molar-refractivity contribution >= 4 is 23.4 Å². The van der Waals surface area contributed by atoms with Gasteiger partial charge in [0.2, 0.25) is 5.95 Å². The number of hydrogen-bond acceptors (Lipinski definition) is 6. The van der Waals surface area contributed by atoms with Gasteiger partial charge in [-0.15, -0.1) is 0 Å². The van der Waals surface area contributed by atoms with Gasteiger partial charge in [0.15, 0.2) is 0 Å². The van der Waals surface area contributed by atoms with Crippen molar-refractivity contribution in [1.82, 2.24) is 24.3 Å². The van der Waals surface area contributed by atoms with E-state index in [9.17, 15) is 0 Å². The molecule has 5 heterocycles. The molecule has 1 unspecified atom stereocenters. The molecule has 8 heteroatoms. The zero-order chi connectivity index (χ0) is 20.9. The van der Waals surface area contributed by atoms with E-state index in [1.807, 2.05) is 40.9 Å². The second-order valence-corrected chi connectivity index (χ2v) is 8.88. The molecule has 1 aromatic carbocycles. The lowest BCUT2D eigenvalue weighted by Gasteiger charge is -2.36. The van der Waals surface area contributed by atoms with E-state index in [1.165, 1.54) is 12.8 Å². The van der Waals surface area contributed by atoms with Crippen LogP contribution in [0.3, 0.4) is 0 Å². The van der Waals surface area contributed by atoms with Gasteiger partial charge in [-0.3, -0.25) is 4.40 Å². The minimum atomic E-state index is 0.395. The monoisotopic (exact) mass is 434 g/mol. The van der Waals surface area contributed by atoms with Crippen LogP contribution in [0.2, 0.25) is 5.02 Å². The molecular formula is C23H23ClN6O. The second kappa shape index (κ2) is 7.35. The fourth-order valence-electron chi connectivity index (χ4n) is 5.14. The highest BCUT2D eigenvalue weighted by molar-refractivity contribution is 6.33. The summed E-state index contributed by atoms with van der Waals surface area (Å²) in [4.78, 5) is 16.6. The number of benzene rings is 1. The molecule has 3 aromatic heterocycles. The fourth-order valence-corrected chi connectivity index (χ4v) is 5.37. The average molecular weight is 435 g/mol. The first-order valence-electron chi connectivity index (χ1n) is 10.7. The number of oxazole rings is 1. The minimum Gasteiger partial charge on any atom is -0.432 e. The van der Waals surface area contributed by atoms with Gasteiger partial charge in [0.25, 0.3) is 0 Å². The predicted octanol–water partition coefficient (Wildman–Crippen LogP) is 4.74. The van der Waals surface area contributed by atoms with Gasteiger partial charge >= 0.3 is 5.84 Å². The van der Waals surface area contributed by atoms with Gasteiger partial charge in [0, 0.05) is 36.1 Å². The van der Waals surface area contributed by atoms with Gasteiger partial charge in [-0.2, -0.15) is 4.98 Å². The van der Waals surface area contributed by atoms with Gasteiger partial charge in [-0.1, -0.05) is 29.8 Å². The third-order valence-corrected chi connectivity index (χ3v) is 7.05. The Bertz CT molecular complexity index is 1240. The summed E-state index contributed by atoms with van der Waals surface area (Å²) in [5.74, 6) is 1.15. The maximum absolute atomic E-state index is 6.49. The van der Waals surface area contributed by atoms with E-state index in [0.717, 1.165) is 35.5 Å². The molecule has 2 aliphatic rings. The van der Waals surface area contributed by atoms with Crippen molar-refractivity contribution in [3.05, 3.63) is 54.0 Å². The van der Waals surface area contributed by atoms with E-state index >= 15 is 0 Å². The molecule has 0 aliphatic carbocycles. The molecule has 4 aromatic rings. The third-order valence-electron chi connectivity index (χ3n) is 6.72. The Morgan fingerprint density at radius 2 is 1.90 bits per heavy atom. The van der Waals surface area contributed by atoms with Gasteiger partial charge in [-0.25, -0.2) is 9.97 Å². The summed E-state index contributed by atoms with van der Waals surface area (Å²) in [5.41, 5.74) is 3.20. The Hall–Kier alpha value is -2.90. The van der Waals surface area contributed by atoms with Crippen molar-refractivity contribution in [1.29, 1.82) is 0 Å². The van der Waals surface area contributed by atoms with Crippen molar-refractivity contribution in [2.75, 3.05) is 12.4 Å². The number of rotatable bonds is 4. The van der Waals surface area contributed by atoms with Crippen molar-refractivity contribution in [3.63, 3.8) is 0 Å². The maximum Gasteiger partial charge on any atom is 0.306 e. The number of nitrogens with zero attached hydrogens (tertiary/aromatic N) is 5. The number of halogens is 1. The smallest absolute Gasteiger partial charge is 0.306 e. The summed E-state index contributed by atoms with van der Waals surface area (Å²) >= 11 is 6.49. The third kappa shape index (κ3) is 3.20.